The van der Waals surface area contributed by atoms with Gasteiger partial charge in [-0.05, 0) is 66.0 Å². The number of nitrogens with one attached hydrogen (secondary N) is 2. The topological polar surface area (TPSA) is 93.7 Å². The van der Waals surface area contributed by atoms with Crippen LogP contribution in [0.1, 0.15) is 95.6 Å². The molecule has 2 N–H and O–H groups in total. The van der Waals surface area contributed by atoms with Crippen molar-refractivity contribution in [3.05, 3.63) is 108 Å². The second-order valence-electron chi connectivity index (χ2n) is 13.6. The highest BCUT2D eigenvalue weighted by Crippen LogP contribution is 2.44. The average molecular weight is 663 g/mol. The van der Waals surface area contributed by atoms with E-state index in [0.29, 0.717) is 46.8 Å². The Morgan fingerprint density at radius 1 is 0.735 bits per heavy atom. The van der Waals surface area contributed by atoms with Crippen LogP contribution in [0.3, 0.4) is 0 Å². The van der Waals surface area contributed by atoms with Crippen LogP contribution in [0.5, 0.6) is 11.5 Å². The number of methoxy groups -OCH3 is 1. The Balaban J connectivity index is 1.92. The van der Waals surface area contributed by atoms with Gasteiger partial charge in [0.25, 0.3) is 5.91 Å². The standard InChI is InChI=1S/C42H50N2O5/c1-9-18-36(45)44-33-23-16-15-21-30(33)37-31(38(46)39(48-8)40(47)43-29-19-13-12-14-20-29)22-17-24-35(37)49-34-26-25-28(41(4,5)10-2)27-32(34)42(6,7)11-3/h12-17,19-27,39H,9-11,18H2,1-8H3,(H,43,47)(H,44,45). The number of ketones is 1. The Labute approximate surface area is 291 Å². The molecule has 0 heterocycles. The van der Waals surface area contributed by atoms with Crippen LogP contribution >= 0.6 is 0 Å². The highest BCUT2D eigenvalue weighted by Gasteiger charge is 2.32. The number of carbonyl (C=O) groups excluding carboxylic acids is 3. The second-order valence-corrected chi connectivity index (χ2v) is 13.6. The van der Waals surface area contributed by atoms with Gasteiger partial charge in [-0.2, -0.15) is 0 Å². The number of para-hydroxylation sites is 2. The van der Waals surface area contributed by atoms with Crippen molar-refractivity contribution in [3.8, 4) is 22.6 Å². The number of Topliss-reactive ketones (excluding diaryl/α,β-unsaturated/α-hetero) is 1. The zero-order valence-electron chi connectivity index (χ0n) is 30.1. The van der Waals surface area contributed by atoms with Crippen LogP contribution in [0.2, 0.25) is 0 Å². The summed E-state index contributed by atoms with van der Waals surface area (Å²) in [5.74, 6) is -0.191. The van der Waals surface area contributed by atoms with Crippen LogP contribution in [0.4, 0.5) is 11.4 Å². The van der Waals surface area contributed by atoms with Crippen molar-refractivity contribution >= 4 is 29.0 Å². The van der Waals surface area contributed by atoms with Crippen molar-refractivity contribution in [2.24, 2.45) is 0 Å². The lowest BCUT2D eigenvalue weighted by molar-refractivity contribution is -0.123. The third-order valence-electron chi connectivity index (χ3n) is 9.47. The van der Waals surface area contributed by atoms with Gasteiger partial charge in [0, 0.05) is 47.2 Å². The number of hydrogen-bond donors (Lipinski definition) is 2. The lowest BCUT2D eigenvalue weighted by Gasteiger charge is -2.31. The molecule has 4 aromatic carbocycles. The van der Waals surface area contributed by atoms with Gasteiger partial charge < -0.3 is 20.1 Å². The Morgan fingerprint density at radius 3 is 2.06 bits per heavy atom. The summed E-state index contributed by atoms with van der Waals surface area (Å²) in [6.07, 6.45) is 1.45. The Morgan fingerprint density at radius 2 is 1.41 bits per heavy atom. The second kappa shape index (κ2) is 16.1. The van der Waals surface area contributed by atoms with Crippen LogP contribution in [0.15, 0.2) is 91.0 Å². The van der Waals surface area contributed by atoms with Crippen LogP contribution < -0.4 is 15.4 Å². The predicted octanol–water partition coefficient (Wildman–Crippen LogP) is 10.1. The van der Waals surface area contributed by atoms with Crippen LogP contribution in [-0.4, -0.2) is 30.8 Å². The van der Waals surface area contributed by atoms with Gasteiger partial charge in [0.1, 0.15) is 11.5 Å². The minimum atomic E-state index is -1.44. The molecule has 258 valence electrons. The molecule has 0 fully saturated rings. The largest absolute Gasteiger partial charge is 0.456 e. The Bertz CT molecular complexity index is 1780. The summed E-state index contributed by atoms with van der Waals surface area (Å²) < 4.78 is 12.4. The molecular formula is C42H50N2O5. The molecule has 0 aliphatic rings. The molecule has 2 amide bonds. The number of anilines is 2. The van der Waals surface area contributed by atoms with Crippen molar-refractivity contribution in [3.63, 3.8) is 0 Å². The molecule has 1 unspecified atom stereocenters. The Hall–Kier alpha value is -4.75. The average Bonchev–Trinajstić information content (AvgIpc) is 3.09. The van der Waals surface area contributed by atoms with Crippen molar-refractivity contribution in [1.29, 1.82) is 0 Å². The van der Waals surface area contributed by atoms with E-state index in [0.717, 1.165) is 18.4 Å². The zero-order chi connectivity index (χ0) is 35.8. The maximum absolute atomic E-state index is 14.4. The number of hydrogen-bond acceptors (Lipinski definition) is 5. The predicted molar refractivity (Wildman–Crippen MR) is 199 cm³/mol. The van der Waals surface area contributed by atoms with Gasteiger partial charge in [-0.25, -0.2) is 0 Å². The summed E-state index contributed by atoms with van der Waals surface area (Å²) in [6.45, 7) is 15.2. The van der Waals surface area contributed by atoms with E-state index in [9.17, 15) is 14.4 Å². The molecule has 0 aliphatic carbocycles. The number of rotatable bonds is 15. The van der Waals surface area contributed by atoms with Gasteiger partial charge in [-0.1, -0.05) is 109 Å². The first-order valence-corrected chi connectivity index (χ1v) is 17.1. The molecule has 1 atom stereocenters. The molecule has 7 nitrogen and oxygen atoms in total. The summed E-state index contributed by atoms with van der Waals surface area (Å²) in [4.78, 5) is 40.7. The highest BCUT2D eigenvalue weighted by atomic mass is 16.5. The molecule has 0 aromatic heterocycles. The monoisotopic (exact) mass is 662 g/mol. The van der Waals surface area contributed by atoms with E-state index in [1.54, 1.807) is 42.5 Å². The highest BCUT2D eigenvalue weighted by molar-refractivity contribution is 6.19. The quantitative estimate of drug-likeness (QED) is 0.0976. The van der Waals surface area contributed by atoms with Gasteiger partial charge in [0.2, 0.25) is 11.7 Å². The molecule has 4 rings (SSSR count). The van der Waals surface area contributed by atoms with Crippen molar-refractivity contribution in [1.82, 2.24) is 0 Å². The third kappa shape index (κ3) is 8.65. The molecule has 0 spiro atoms. The van der Waals surface area contributed by atoms with E-state index in [-0.39, 0.29) is 22.3 Å². The fourth-order valence-electron chi connectivity index (χ4n) is 5.63. The molecule has 7 heteroatoms. The first kappa shape index (κ1) is 37.1. The molecular weight excluding hydrogens is 612 g/mol. The molecule has 0 bridgehead atoms. The zero-order valence-corrected chi connectivity index (χ0v) is 30.1. The SMILES string of the molecule is CCCC(=O)Nc1ccccc1-c1c(Oc2ccc(C(C)(C)CC)cc2C(C)(C)CC)cccc1C(=O)C(OC)C(=O)Nc1ccccc1. The molecule has 0 aliphatic heterocycles. The molecule has 49 heavy (non-hydrogen) atoms. The van der Waals surface area contributed by atoms with Gasteiger partial charge in [-0.3, -0.25) is 14.4 Å². The lowest BCUT2D eigenvalue weighted by atomic mass is 9.76. The van der Waals surface area contributed by atoms with Crippen LogP contribution in [0.25, 0.3) is 11.1 Å². The summed E-state index contributed by atoms with van der Waals surface area (Å²) in [6, 6.07) is 27.8. The van der Waals surface area contributed by atoms with Crippen LogP contribution in [-0.2, 0) is 25.2 Å². The summed E-state index contributed by atoms with van der Waals surface area (Å²) in [7, 11) is 1.34. The van der Waals surface area contributed by atoms with Crippen molar-refractivity contribution < 1.29 is 23.9 Å². The summed E-state index contributed by atoms with van der Waals surface area (Å²) in [5.41, 5.74) is 4.37. The molecule has 0 saturated carbocycles. The number of amides is 2. The number of benzene rings is 4. The smallest absolute Gasteiger partial charge is 0.261 e. The van der Waals surface area contributed by atoms with E-state index in [1.165, 1.54) is 12.7 Å². The summed E-state index contributed by atoms with van der Waals surface area (Å²) in [5, 5.41) is 5.81. The van der Waals surface area contributed by atoms with Crippen LogP contribution in [0, 0.1) is 0 Å². The minimum Gasteiger partial charge on any atom is -0.456 e. The Kier molecular flexibility index (Phi) is 12.2. The maximum Gasteiger partial charge on any atom is 0.261 e. The number of carbonyl (C=O) groups is 3. The van der Waals surface area contributed by atoms with Gasteiger partial charge in [0.15, 0.2) is 6.10 Å². The maximum atomic E-state index is 14.4. The van der Waals surface area contributed by atoms with E-state index >= 15 is 0 Å². The van der Waals surface area contributed by atoms with Crippen molar-refractivity contribution in [2.45, 2.75) is 91.1 Å². The van der Waals surface area contributed by atoms with E-state index in [2.05, 4.69) is 64.3 Å². The van der Waals surface area contributed by atoms with Gasteiger partial charge >= 0.3 is 0 Å². The van der Waals surface area contributed by atoms with E-state index in [1.807, 2.05) is 43.3 Å². The fraction of sp³-hybridized carbons (Fsp3) is 0.357. The lowest BCUT2D eigenvalue weighted by Crippen LogP contribution is -2.37. The molecule has 0 radical (unpaired) electrons. The van der Waals surface area contributed by atoms with E-state index in [4.69, 9.17) is 9.47 Å². The van der Waals surface area contributed by atoms with Gasteiger partial charge in [-0.15, -0.1) is 0 Å². The van der Waals surface area contributed by atoms with Gasteiger partial charge in [0.05, 0.1) is 0 Å². The molecule has 0 saturated heterocycles. The fourth-order valence-corrected chi connectivity index (χ4v) is 5.63. The van der Waals surface area contributed by atoms with Crippen molar-refractivity contribution in [2.75, 3.05) is 17.7 Å². The number of ether oxygens (including phenoxy) is 2. The van der Waals surface area contributed by atoms with E-state index < -0.39 is 17.8 Å². The summed E-state index contributed by atoms with van der Waals surface area (Å²) >= 11 is 0. The first-order valence-electron chi connectivity index (χ1n) is 17.1. The minimum absolute atomic E-state index is 0.0281. The normalized spacial score (nSPS) is 12.2. The first-order chi connectivity index (χ1) is 23.4. The third-order valence-corrected chi connectivity index (χ3v) is 9.47. The molecule has 4 aromatic rings.